The summed E-state index contributed by atoms with van der Waals surface area (Å²) in [6, 6.07) is 1.78. The van der Waals surface area contributed by atoms with E-state index in [0.717, 1.165) is 0 Å². The standard InChI is InChI=1S/C9H7N7OS/c17-9(13-6-3-10-11-4-6)8-7(1-2-18-8)16-5-12-14-15-16/h1-5H,(H,10,11)(H,13,17). The molecule has 0 aromatic carbocycles. The van der Waals surface area contributed by atoms with Crippen molar-refractivity contribution in [2.24, 2.45) is 0 Å². The lowest BCUT2D eigenvalue weighted by Gasteiger charge is -2.02. The van der Waals surface area contributed by atoms with Gasteiger partial charge in [-0.1, -0.05) is 0 Å². The molecule has 3 aromatic rings. The number of aromatic amines is 1. The number of tetrazole rings is 1. The summed E-state index contributed by atoms with van der Waals surface area (Å²) >= 11 is 1.32. The van der Waals surface area contributed by atoms with Gasteiger partial charge in [0.1, 0.15) is 11.2 Å². The number of rotatable bonds is 3. The summed E-state index contributed by atoms with van der Waals surface area (Å²) in [5.41, 5.74) is 1.25. The third kappa shape index (κ3) is 1.86. The average Bonchev–Trinajstić information content (AvgIpc) is 3.11. The molecule has 0 aliphatic rings. The van der Waals surface area contributed by atoms with Gasteiger partial charge in [-0.25, -0.2) is 0 Å². The monoisotopic (exact) mass is 261 g/mol. The van der Waals surface area contributed by atoms with Gasteiger partial charge in [0.05, 0.1) is 17.6 Å². The molecular formula is C9H7N7OS. The van der Waals surface area contributed by atoms with Crippen molar-refractivity contribution >= 4 is 22.9 Å². The van der Waals surface area contributed by atoms with E-state index in [0.29, 0.717) is 16.3 Å². The van der Waals surface area contributed by atoms with Gasteiger partial charge < -0.3 is 5.32 Å². The van der Waals surface area contributed by atoms with Crippen LogP contribution < -0.4 is 5.32 Å². The first-order valence-corrected chi connectivity index (χ1v) is 5.83. The molecule has 8 nitrogen and oxygen atoms in total. The number of amides is 1. The Balaban J connectivity index is 1.89. The average molecular weight is 261 g/mol. The largest absolute Gasteiger partial charge is 0.319 e. The van der Waals surface area contributed by atoms with Crippen molar-refractivity contribution in [2.75, 3.05) is 5.32 Å². The number of nitrogens with one attached hydrogen (secondary N) is 2. The lowest BCUT2D eigenvalue weighted by Crippen LogP contribution is -2.12. The molecule has 0 aliphatic heterocycles. The van der Waals surface area contributed by atoms with Crippen LogP contribution in [0.5, 0.6) is 0 Å². The quantitative estimate of drug-likeness (QED) is 0.722. The number of hydrogen-bond donors (Lipinski definition) is 2. The zero-order valence-electron chi connectivity index (χ0n) is 8.94. The zero-order chi connectivity index (χ0) is 12.4. The lowest BCUT2D eigenvalue weighted by molar-refractivity contribution is 0.103. The molecule has 0 unspecified atom stereocenters. The Bertz CT molecular complexity index is 642. The summed E-state index contributed by atoms with van der Waals surface area (Å²) < 4.78 is 1.45. The Kier molecular flexibility index (Phi) is 2.57. The third-order valence-electron chi connectivity index (χ3n) is 2.20. The van der Waals surface area contributed by atoms with E-state index in [1.165, 1.54) is 28.5 Å². The maximum absolute atomic E-state index is 12.1. The smallest absolute Gasteiger partial charge is 0.268 e. The number of thiophene rings is 1. The van der Waals surface area contributed by atoms with Crippen LogP contribution in [0.1, 0.15) is 9.67 Å². The fraction of sp³-hybridized carbons (Fsp3) is 0. The topological polar surface area (TPSA) is 101 Å². The van der Waals surface area contributed by atoms with Crippen molar-refractivity contribution in [3.8, 4) is 5.69 Å². The molecule has 3 heterocycles. The first-order valence-electron chi connectivity index (χ1n) is 4.95. The molecule has 0 saturated heterocycles. The minimum absolute atomic E-state index is 0.225. The lowest BCUT2D eigenvalue weighted by atomic mass is 10.3. The molecule has 1 amide bonds. The van der Waals surface area contributed by atoms with Gasteiger partial charge in [-0.3, -0.25) is 9.89 Å². The molecule has 18 heavy (non-hydrogen) atoms. The Morgan fingerprint density at radius 1 is 1.50 bits per heavy atom. The minimum atomic E-state index is -0.225. The number of aromatic nitrogens is 6. The number of H-pyrrole nitrogens is 1. The molecular weight excluding hydrogens is 254 g/mol. The zero-order valence-corrected chi connectivity index (χ0v) is 9.76. The summed E-state index contributed by atoms with van der Waals surface area (Å²) in [5, 5.41) is 21.8. The molecule has 3 aromatic heterocycles. The Morgan fingerprint density at radius 3 is 3.17 bits per heavy atom. The van der Waals surface area contributed by atoms with Gasteiger partial charge in [0.25, 0.3) is 5.91 Å². The van der Waals surface area contributed by atoms with Gasteiger partial charge in [0, 0.05) is 6.20 Å². The van der Waals surface area contributed by atoms with Gasteiger partial charge in [-0.05, 0) is 21.9 Å². The fourth-order valence-electron chi connectivity index (χ4n) is 1.43. The summed E-state index contributed by atoms with van der Waals surface area (Å²) in [6.07, 6.45) is 4.57. The second-order valence-electron chi connectivity index (χ2n) is 3.33. The highest BCUT2D eigenvalue weighted by molar-refractivity contribution is 7.12. The number of anilines is 1. The van der Waals surface area contributed by atoms with Crippen molar-refractivity contribution in [1.29, 1.82) is 0 Å². The molecule has 0 fully saturated rings. The van der Waals surface area contributed by atoms with Gasteiger partial charge in [0.2, 0.25) is 0 Å². The van der Waals surface area contributed by atoms with Crippen molar-refractivity contribution < 1.29 is 4.79 Å². The summed E-state index contributed by atoms with van der Waals surface area (Å²) in [6.45, 7) is 0. The van der Waals surface area contributed by atoms with Gasteiger partial charge in [-0.15, -0.1) is 16.4 Å². The van der Waals surface area contributed by atoms with Gasteiger partial charge in [0.15, 0.2) is 0 Å². The van der Waals surface area contributed by atoms with Crippen LogP contribution in [0.4, 0.5) is 5.69 Å². The summed E-state index contributed by atoms with van der Waals surface area (Å²) in [4.78, 5) is 12.6. The highest BCUT2D eigenvalue weighted by atomic mass is 32.1. The second kappa shape index (κ2) is 4.37. The Hall–Kier alpha value is -2.55. The molecule has 0 bridgehead atoms. The van der Waals surface area contributed by atoms with E-state index in [1.807, 2.05) is 0 Å². The SMILES string of the molecule is O=C(Nc1cn[nH]c1)c1sccc1-n1cnnn1. The molecule has 3 rings (SSSR count). The maximum atomic E-state index is 12.1. The van der Waals surface area contributed by atoms with E-state index < -0.39 is 0 Å². The third-order valence-corrected chi connectivity index (χ3v) is 3.10. The normalized spacial score (nSPS) is 10.4. The maximum Gasteiger partial charge on any atom is 0.268 e. The molecule has 2 N–H and O–H groups in total. The van der Waals surface area contributed by atoms with Crippen molar-refractivity contribution in [3.63, 3.8) is 0 Å². The molecule has 0 spiro atoms. The minimum Gasteiger partial charge on any atom is -0.319 e. The van der Waals surface area contributed by atoms with Gasteiger partial charge in [-0.2, -0.15) is 9.78 Å². The van der Waals surface area contributed by atoms with Crippen molar-refractivity contribution in [3.05, 3.63) is 35.0 Å². The van der Waals surface area contributed by atoms with E-state index in [4.69, 9.17) is 0 Å². The van der Waals surface area contributed by atoms with Crippen molar-refractivity contribution in [2.45, 2.75) is 0 Å². The van der Waals surface area contributed by atoms with Crippen LogP contribution in [-0.4, -0.2) is 36.3 Å². The predicted molar refractivity (Wildman–Crippen MR) is 63.6 cm³/mol. The highest BCUT2D eigenvalue weighted by Crippen LogP contribution is 2.21. The Labute approximate surface area is 105 Å². The second-order valence-corrected chi connectivity index (χ2v) is 4.25. The molecule has 0 saturated carbocycles. The molecule has 0 aliphatic carbocycles. The molecule has 0 atom stereocenters. The van der Waals surface area contributed by atoms with E-state index in [-0.39, 0.29) is 5.91 Å². The number of carbonyl (C=O) groups is 1. The first kappa shape index (κ1) is 10.6. The van der Waals surface area contributed by atoms with E-state index in [1.54, 1.807) is 17.6 Å². The number of hydrogen-bond acceptors (Lipinski definition) is 6. The van der Waals surface area contributed by atoms with E-state index >= 15 is 0 Å². The summed E-state index contributed by atoms with van der Waals surface area (Å²) in [5.74, 6) is -0.225. The van der Waals surface area contributed by atoms with Crippen LogP contribution >= 0.6 is 11.3 Å². The van der Waals surface area contributed by atoms with E-state index in [2.05, 4.69) is 31.0 Å². The Morgan fingerprint density at radius 2 is 2.44 bits per heavy atom. The predicted octanol–water partition coefficient (Wildman–Crippen LogP) is 0.699. The molecule has 0 radical (unpaired) electrons. The van der Waals surface area contributed by atoms with Gasteiger partial charge >= 0.3 is 0 Å². The van der Waals surface area contributed by atoms with Crippen LogP contribution in [0.2, 0.25) is 0 Å². The number of nitrogens with zero attached hydrogens (tertiary/aromatic N) is 5. The van der Waals surface area contributed by atoms with Crippen LogP contribution in [0, 0.1) is 0 Å². The van der Waals surface area contributed by atoms with Crippen LogP contribution in [0.3, 0.4) is 0 Å². The molecule has 90 valence electrons. The van der Waals surface area contributed by atoms with Crippen LogP contribution in [0.15, 0.2) is 30.2 Å². The van der Waals surface area contributed by atoms with Crippen molar-refractivity contribution in [1.82, 2.24) is 30.4 Å². The first-order chi connectivity index (χ1) is 8.84. The number of carbonyl (C=O) groups excluding carboxylic acids is 1. The van der Waals surface area contributed by atoms with E-state index in [9.17, 15) is 4.79 Å². The van der Waals surface area contributed by atoms with Crippen LogP contribution in [0.25, 0.3) is 5.69 Å². The highest BCUT2D eigenvalue weighted by Gasteiger charge is 2.15. The van der Waals surface area contributed by atoms with Crippen LogP contribution in [-0.2, 0) is 0 Å². The summed E-state index contributed by atoms with van der Waals surface area (Å²) in [7, 11) is 0. The molecule has 9 heteroatoms. The fourth-order valence-corrected chi connectivity index (χ4v) is 2.21.